The fraction of sp³-hybridized carbons (Fsp3) is 0.462. The third kappa shape index (κ3) is 16.0. The smallest absolute Gasteiger partial charge is 0.326 e. The molecule has 1 aliphatic heterocycles. The maximum atomic E-state index is 13.4. The van der Waals surface area contributed by atoms with Crippen molar-refractivity contribution < 1.29 is 51.9 Å². The van der Waals surface area contributed by atoms with Gasteiger partial charge in [0.1, 0.15) is 36.0 Å². The molecule has 0 aromatic heterocycles. The summed E-state index contributed by atoms with van der Waals surface area (Å²) in [6, 6.07) is 24.4. The first-order chi connectivity index (χ1) is 25.3. The number of hydrogen-bond donors (Lipinski definition) is 2. The highest BCUT2D eigenvalue weighted by Crippen LogP contribution is 2.48. The number of carbonyl (C=O) groups is 3. The number of likely N-dealkylation sites (tertiary alicyclic amines) is 1. The van der Waals surface area contributed by atoms with E-state index < -0.39 is 50.5 Å². The van der Waals surface area contributed by atoms with Crippen LogP contribution in [0.3, 0.4) is 0 Å². The Kier molecular flexibility index (Phi) is 18.4. The zero-order chi connectivity index (χ0) is 38.7. The van der Waals surface area contributed by atoms with Gasteiger partial charge in [-0.3, -0.25) is 18.7 Å². The molecular formula is C39H52FNO10P2. The van der Waals surface area contributed by atoms with Crippen LogP contribution in [-0.4, -0.2) is 89.5 Å². The van der Waals surface area contributed by atoms with Gasteiger partial charge in [-0.15, -0.1) is 0 Å². The van der Waals surface area contributed by atoms with Gasteiger partial charge in [0.15, 0.2) is 0 Å². The van der Waals surface area contributed by atoms with E-state index in [-0.39, 0.29) is 38.1 Å². The Balaban J connectivity index is 0.000000337. The summed E-state index contributed by atoms with van der Waals surface area (Å²) in [5.41, 5.74) is 2.44. The quantitative estimate of drug-likeness (QED) is 0.0803. The van der Waals surface area contributed by atoms with Crippen LogP contribution >= 0.6 is 14.7 Å². The number of amides is 1. The summed E-state index contributed by atoms with van der Waals surface area (Å²) in [6.45, 7) is 4.01. The van der Waals surface area contributed by atoms with Gasteiger partial charge in [-0.05, 0) is 87.8 Å². The zero-order valence-electron chi connectivity index (χ0n) is 30.5. The minimum Gasteiger partial charge on any atom is -0.488 e. The molecule has 1 fully saturated rings. The molecule has 53 heavy (non-hydrogen) atoms. The monoisotopic (exact) mass is 775 g/mol. The lowest BCUT2D eigenvalue weighted by molar-refractivity contribution is -0.147. The molecule has 0 radical (unpaired) electrons. The van der Waals surface area contributed by atoms with E-state index in [1.165, 1.54) is 40.3 Å². The predicted molar refractivity (Wildman–Crippen MR) is 203 cm³/mol. The maximum Gasteiger partial charge on any atom is 0.326 e. The van der Waals surface area contributed by atoms with Crippen LogP contribution in [0, 0.1) is 5.82 Å². The average Bonchev–Trinajstić information content (AvgIpc) is 3.55. The van der Waals surface area contributed by atoms with Crippen LogP contribution in [0.1, 0.15) is 57.1 Å². The van der Waals surface area contributed by atoms with Gasteiger partial charge in [0.2, 0.25) is 20.6 Å². The molecule has 4 atom stereocenters. The molecule has 0 spiro atoms. The van der Waals surface area contributed by atoms with E-state index in [0.717, 1.165) is 32.1 Å². The number of ether oxygens (including phenoxy) is 1. The Morgan fingerprint density at radius 3 is 1.68 bits per heavy atom. The lowest BCUT2D eigenvalue weighted by Crippen LogP contribution is -2.42. The summed E-state index contributed by atoms with van der Waals surface area (Å²) in [5.74, 6) is -2.73. The first kappa shape index (κ1) is 43.6. The van der Waals surface area contributed by atoms with E-state index in [2.05, 4.69) is 12.1 Å². The SMILES string of the molecule is CCOP(=O)(CCCCc1ccccc1)CC(=O)N1C[C@@H](Oc2ccc(F)cc2)C[C@H]1C(=O)O.CCOP(=O)(CCCCc1ccccc1)CC(=O)O. The highest BCUT2D eigenvalue weighted by atomic mass is 31.2. The topological polar surface area (TPSA) is 157 Å². The van der Waals surface area contributed by atoms with Crippen LogP contribution in [0.4, 0.5) is 4.39 Å². The molecule has 0 aliphatic carbocycles. The van der Waals surface area contributed by atoms with Crippen molar-refractivity contribution in [2.45, 2.75) is 70.9 Å². The number of aliphatic carboxylic acids is 2. The summed E-state index contributed by atoms with van der Waals surface area (Å²) in [6.07, 6.45) is 4.26. The standard InChI is InChI=1S/C25H31FNO6P.C14H21O4P/c1-2-32-34(31,15-7-6-10-19-8-4-3-5-9-19)18-24(28)27-17-22(16-23(27)25(29)30)33-21-13-11-20(26)12-14-21;1-2-18-19(17,12-14(15)16)11-7-6-10-13-8-4-3-5-9-13/h3-5,8-9,11-14,22-23H,2,6-7,10,15-18H2,1H3,(H,29,30);3-5,8-9H,2,6-7,10-12H2,1H3,(H,15,16)/t22-,23-,34?;/m0./s1. The molecule has 290 valence electrons. The largest absolute Gasteiger partial charge is 0.488 e. The minimum absolute atomic E-state index is 0.0489. The molecular weight excluding hydrogens is 723 g/mol. The Labute approximate surface area is 311 Å². The zero-order valence-corrected chi connectivity index (χ0v) is 32.3. The van der Waals surface area contributed by atoms with E-state index in [1.807, 2.05) is 48.5 Å². The summed E-state index contributed by atoms with van der Waals surface area (Å²) >= 11 is 0. The number of rotatable bonds is 21. The van der Waals surface area contributed by atoms with Crippen LogP contribution < -0.4 is 4.74 Å². The molecule has 2 unspecified atom stereocenters. The molecule has 3 aromatic carbocycles. The minimum atomic E-state index is -3.26. The number of nitrogens with zero attached hydrogens (tertiary/aromatic N) is 1. The Morgan fingerprint density at radius 2 is 1.23 bits per heavy atom. The third-order valence-corrected chi connectivity index (χ3v) is 13.5. The van der Waals surface area contributed by atoms with Crippen molar-refractivity contribution in [3.8, 4) is 5.75 Å². The van der Waals surface area contributed by atoms with E-state index in [0.29, 0.717) is 24.9 Å². The molecule has 1 saturated heterocycles. The number of carbonyl (C=O) groups excluding carboxylic acids is 1. The number of hydrogen-bond acceptors (Lipinski definition) is 8. The number of aryl methyl sites for hydroxylation is 2. The van der Waals surface area contributed by atoms with Crippen molar-refractivity contribution >= 4 is 32.6 Å². The lowest BCUT2D eigenvalue weighted by Gasteiger charge is -2.24. The first-order valence-corrected chi connectivity index (χ1v) is 22.0. The molecule has 11 nitrogen and oxygen atoms in total. The number of carboxylic acid groups (broad SMARTS) is 2. The molecule has 0 bridgehead atoms. The van der Waals surface area contributed by atoms with E-state index in [1.54, 1.807) is 13.8 Å². The van der Waals surface area contributed by atoms with Crippen LogP contribution in [0.2, 0.25) is 0 Å². The summed E-state index contributed by atoms with van der Waals surface area (Å²) < 4.78 is 55.2. The molecule has 1 aliphatic rings. The fourth-order valence-corrected chi connectivity index (χ4v) is 10.2. The Bertz CT molecular complexity index is 1660. The molecule has 1 amide bonds. The Morgan fingerprint density at radius 1 is 0.736 bits per heavy atom. The van der Waals surface area contributed by atoms with Gasteiger partial charge in [-0.2, -0.15) is 0 Å². The van der Waals surface area contributed by atoms with E-state index in [4.69, 9.17) is 18.9 Å². The van der Waals surface area contributed by atoms with Gasteiger partial charge in [-0.25, -0.2) is 9.18 Å². The van der Waals surface area contributed by atoms with Crippen LogP contribution in [0.5, 0.6) is 5.75 Å². The van der Waals surface area contributed by atoms with Crippen molar-refractivity contribution in [1.82, 2.24) is 4.90 Å². The van der Waals surface area contributed by atoms with Crippen molar-refractivity contribution in [1.29, 1.82) is 0 Å². The number of benzene rings is 3. The second-order valence-electron chi connectivity index (χ2n) is 12.8. The highest BCUT2D eigenvalue weighted by molar-refractivity contribution is 7.60. The third-order valence-electron chi connectivity index (χ3n) is 8.58. The van der Waals surface area contributed by atoms with Crippen molar-refractivity contribution in [2.24, 2.45) is 0 Å². The number of halogens is 1. The first-order valence-electron chi connectivity index (χ1n) is 18.0. The number of carboxylic acids is 2. The van der Waals surface area contributed by atoms with Crippen LogP contribution in [0.25, 0.3) is 0 Å². The van der Waals surface area contributed by atoms with Gasteiger partial charge >= 0.3 is 11.9 Å². The average molecular weight is 776 g/mol. The lowest BCUT2D eigenvalue weighted by atomic mass is 10.1. The highest BCUT2D eigenvalue weighted by Gasteiger charge is 2.42. The van der Waals surface area contributed by atoms with Crippen molar-refractivity contribution in [3.63, 3.8) is 0 Å². The molecule has 0 saturated carbocycles. The fourth-order valence-electron chi connectivity index (χ4n) is 6.10. The van der Waals surface area contributed by atoms with Crippen molar-refractivity contribution in [3.05, 3.63) is 102 Å². The molecule has 1 heterocycles. The predicted octanol–water partition coefficient (Wildman–Crippen LogP) is 8.00. The van der Waals surface area contributed by atoms with Crippen LogP contribution in [-0.2, 0) is 45.4 Å². The van der Waals surface area contributed by atoms with Gasteiger partial charge in [-0.1, -0.05) is 60.7 Å². The van der Waals surface area contributed by atoms with Gasteiger partial charge in [0.05, 0.1) is 19.8 Å². The summed E-state index contributed by atoms with van der Waals surface area (Å²) in [4.78, 5) is 36.8. The van der Waals surface area contributed by atoms with Crippen molar-refractivity contribution in [2.75, 3.05) is 44.4 Å². The van der Waals surface area contributed by atoms with Gasteiger partial charge < -0.3 is 28.9 Å². The maximum absolute atomic E-state index is 13.4. The van der Waals surface area contributed by atoms with E-state index >= 15 is 0 Å². The second-order valence-corrected chi connectivity index (χ2v) is 18.1. The summed E-state index contributed by atoms with van der Waals surface area (Å²) in [7, 11) is -6.26. The second kappa shape index (κ2) is 22.4. The van der Waals surface area contributed by atoms with Crippen LogP contribution in [0.15, 0.2) is 84.9 Å². The molecule has 14 heteroatoms. The molecule has 3 aromatic rings. The molecule has 2 N–H and O–H groups in total. The number of unbranched alkanes of at least 4 members (excludes halogenated alkanes) is 2. The van der Waals surface area contributed by atoms with E-state index in [9.17, 15) is 33.0 Å². The Hall–Kier alpha value is -3.82. The summed E-state index contributed by atoms with van der Waals surface area (Å²) in [5, 5.41) is 18.4. The normalized spacial score (nSPS) is 17.5. The van der Waals surface area contributed by atoms with Gasteiger partial charge in [0.25, 0.3) is 0 Å². The van der Waals surface area contributed by atoms with Gasteiger partial charge in [0, 0.05) is 18.7 Å². The molecule has 4 rings (SSSR count).